The molecule has 0 saturated carbocycles. The van der Waals surface area contributed by atoms with Crippen molar-refractivity contribution in [1.82, 2.24) is 25.8 Å². The van der Waals surface area contributed by atoms with Crippen LogP contribution in [-0.4, -0.2) is 27.6 Å². The lowest BCUT2D eigenvalue weighted by atomic mass is 10.2. The van der Waals surface area contributed by atoms with Gasteiger partial charge in [-0.3, -0.25) is 9.59 Å². The third-order valence-corrected chi connectivity index (χ3v) is 3.73. The van der Waals surface area contributed by atoms with E-state index in [4.69, 9.17) is 4.52 Å². The van der Waals surface area contributed by atoms with E-state index in [-0.39, 0.29) is 23.3 Å². The zero-order valence-corrected chi connectivity index (χ0v) is 11.3. The lowest BCUT2D eigenvalue weighted by molar-refractivity contribution is 0.0937. The van der Waals surface area contributed by atoms with Crippen LogP contribution in [0.5, 0.6) is 0 Å². The molecule has 106 valence electrons. The van der Waals surface area contributed by atoms with Gasteiger partial charge in [-0.25, -0.2) is 0 Å². The van der Waals surface area contributed by atoms with Crippen LogP contribution in [0.1, 0.15) is 41.1 Å². The standard InChI is InChI=1S/C11H13N5O3S/c17-9(13-4-6-5-20-11(18)14-6)8-15-10(19-16-8)7-2-1-3-12-7/h5,7,12H,1-4H2,(H,13,17)(H,14,18). The first-order chi connectivity index (χ1) is 9.72. The second-order valence-electron chi connectivity index (χ2n) is 4.46. The second kappa shape index (κ2) is 5.55. The molecule has 0 radical (unpaired) electrons. The minimum atomic E-state index is -0.426. The predicted octanol–water partition coefficient (Wildman–Crippen LogP) is 0.174. The molecule has 0 aliphatic carbocycles. The minimum Gasteiger partial charge on any atom is -0.344 e. The third-order valence-electron chi connectivity index (χ3n) is 3.01. The Hall–Kier alpha value is -2.00. The smallest absolute Gasteiger partial charge is 0.304 e. The summed E-state index contributed by atoms with van der Waals surface area (Å²) >= 11 is 1.05. The van der Waals surface area contributed by atoms with Crippen molar-refractivity contribution in [2.24, 2.45) is 0 Å². The van der Waals surface area contributed by atoms with E-state index < -0.39 is 5.91 Å². The molecule has 20 heavy (non-hydrogen) atoms. The molecule has 1 fully saturated rings. The summed E-state index contributed by atoms with van der Waals surface area (Å²) in [6.07, 6.45) is 1.99. The number of carbonyl (C=O) groups is 1. The van der Waals surface area contributed by atoms with E-state index in [2.05, 4.69) is 25.8 Å². The van der Waals surface area contributed by atoms with Crippen LogP contribution >= 0.6 is 11.3 Å². The molecule has 3 rings (SSSR count). The molecular formula is C11H13N5O3S. The zero-order chi connectivity index (χ0) is 13.9. The van der Waals surface area contributed by atoms with E-state index in [1.165, 1.54) is 0 Å². The van der Waals surface area contributed by atoms with Gasteiger partial charge in [0.15, 0.2) is 0 Å². The molecule has 0 aromatic carbocycles. The number of thiazole rings is 1. The monoisotopic (exact) mass is 295 g/mol. The van der Waals surface area contributed by atoms with Crippen molar-refractivity contribution in [2.45, 2.75) is 25.4 Å². The summed E-state index contributed by atoms with van der Waals surface area (Å²) in [6.45, 7) is 1.14. The molecule has 3 heterocycles. The Kier molecular flexibility index (Phi) is 3.61. The van der Waals surface area contributed by atoms with Gasteiger partial charge in [-0.15, -0.1) is 0 Å². The van der Waals surface area contributed by atoms with Crippen molar-refractivity contribution < 1.29 is 9.32 Å². The van der Waals surface area contributed by atoms with Crippen LogP contribution in [-0.2, 0) is 6.54 Å². The highest BCUT2D eigenvalue weighted by Crippen LogP contribution is 2.20. The number of nitrogens with one attached hydrogen (secondary N) is 3. The van der Waals surface area contributed by atoms with Crippen LogP contribution in [0.25, 0.3) is 0 Å². The maximum Gasteiger partial charge on any atom is 0.304 e. The molecule has 2 aromatic rings. The van der Waals surface area contributed by atoms with Gasteiger partial charge in [-0.05, 0) is 19.4 Å². The van der Waals surface area contributed by atoms with Gasteiger partial charge in [0.05, 0.1) is 12.6 Å². The van der Waals surface area contributed by atoms with Crippen molar-refractivity contribution in [1.29, 1.82) is 0 Å². The maximum atomic E-state index is 11.8. The molecule has 2 aromatic heterocycles. The van der Waals surface area contributed by atoms with Crippen LogP contribution in [0.3, 0.4) is 0 Å². The van der Waals surface area contributed by atoms with E-state index in [1.807, 2.05) is 0 Å². The van der Waals surface area contributed by atoms with Crippen molar-refractivity contribution in [2.75, 3.05) is 6.54 Å². The molecule has 0 spiro atoms. The summed E-state index contributed by atoms with van der Waals surface area (Å²) in [6, 6.07) is 0.0391. The van der Waals surface area contributed by atoms with E-state index in [1.54, 1.807) is 5.38 Å². The summed E-state index contributed by atoms with van der Waals surface area (Å²) in [4.78, 5) is 29.4. The fourth-order valence-corrected chi connectivity index (χ4v) is 2.60. The molecular weight excluding hydrogens is 282 g/mol. The third kappa shape index (κ3) is 2.78. The first-order valence-electron chi connectivity index (χ1n) is 6.24. The summed E-state index contributed by atoms with van der Waals surface area (Å²) in [7, 11) is 0. The van der Waals surface area contributed by atoms with Crippen LogP contribution in [0.4, 0.5) is 0 Å². The molecule has 1 aliphatic rings. The summed E-state index contributed by atoms with van der Waals surface area (Å²) in [5.74, 6) is 0.0212. The van der Waals surface area contributed by atoms with Gasteiger partial charge in [-0.2, -0.15) is 4.98 Å². The summed E-state index contributed by atoms with van der Waals surface area (Å²) < 4.78 is 5.09. The molecule has 0 bridgehead atoms. The number of hydrogen-bond acceptors (Lipinski definition) is 7. The highest BCUT2D eigenvalue weighted by molar-refractivity contribution is 7.07. The first-order valence-corrected chi connectivity index (χ1v) is 7.12. The van der Waals surface area contributed by atoms with Crippen molar-refractivity contribution >= 4 is 17.2 Å². The SMILES string of the molecule is O=C(NCc1csc(=O)[nH]1)c1noc(C2CCCN2)n1. The van der Waals surface area contributed by atoms with Gasteiger partial charge >= 0.3 is 4.87 Å². The van der Waals surface area contributed by atoms with Crippen LogP contribution in [0.15, 0.2) is 14.7 Å². The van der Waals surface area contributed by atoms with Gasteiger partial charge in [0.1, 0.15) is 0 Å². The number of hydrogen-bond donors (Lipinski definition) is 3. The van der Waals surface area contributed by atoms with Crippen LogP contribution < -0.4 is 15.5 Å². The Balaban J connectivity index is 1.60. The number of amides is 1. The van der Waals surface area contributed by atoms with Crippen molar-refractivity contribution in [3.8, 4) is 0 Å². The molecule has 1 saturated heterocycles. The average molecular weight is 295 g/mol. The van der Waals surface area contributed by atoms with E-state index >= 15 is 0 Å². The number of rotatable bonds is 4. The van der Waals surface area contributed by atoms with Crippen molar-refractivity contribution in [3.63, 3.8) is 0 Å². The number of carbonyl (C=O) groups excluding carboxylic acids is 1. The Morgan fingerprint density at radius 1 is 1.60 bits per heavy atom. The van der Waals surface area contributed by atoms with Gasteiger partial charge in [0.2, 0.25) is 5.89 Å². The minimum absolute atomic E-state index is 0.00581. The van der Waals surface area contributed by atoms with E-state index in [9.17, 15) is 9.59 Å². The largest absolute Gasteiger partial charge is 0.344 e. The molecule has 3 N–H and O–H groups in total. The Bertz CT molecular complexity index is 655. The highest BCUT2D eigenvalue weighted by atomic mass is 32.1. The fraction of sp³-hybridized carbons (Fsp3) is 0.455. The molecule has 1 amide bonds. The normalized spacial score (nSPS) is 18.3. The summed E-state index contributed by atoms with van der Waals surface area (Å²) in [5, 5.41) is 11.2. The average Bonchev–Trinajstić information content (AvgIpc) is 3.16. The van der Waals surface area contributed by atoms with E-state index in [0.29, 0.717) is 11.6 Å². The molecule has 1 atom stereocenters. The molecule has 1 unspecified atom stereocenters. The molecule has 9 heteroatoms. The Labute approximate surface area is 117 Å². The van der Waals surface area contributed by atoms with E-state index in [0.717, 1.165) is 30.7 Å². The molecule has 1 aliphatic heterocycles. The number of aromatic nitrogens is 3. The number of aromatic amines is 1. The lowest BCUT2D eigenvalue weighted by Gasteiger charge is -2.01. The zero-order valence-electron chi connectivity index (χ0n) is 10.5. The Morgan fingerprint density at radius 2 is 2.50 bits per heavy atom. The predicted molar refractivity (Wildman–Crippen MR) is 70.4 cm³/mol. The first kappa shape index (κ1) is 13.0. The van der Waals surface area contributed by atoms with Gasteiger partial charge in [0.25, 0.3) is 11.7 Å². The lowest BCUT2D eigenvalue weighted by Crippen LogP contribution is -2.24. The maximum absolute atomic E-state index is 11.8. The number of nitrogens with zero attached hydrogens (tertiary/aromatic N) is 2. The fourth-order valence-electron chi connectivity index (χ4n) is 2.02. The molecule has 8 nitrogen and oxygen atoms in total. The van der Waals surface area contributed by atoms with Crippen LogP contribution in [0, 0.1) is 0 Å². The van der Waals surface area contributed by atoms with Crippen molar-refractivity contribution in [3.05, 3.63) is 32.5 Å². The summed E-state index contributed by atoms with van der Waals surface area (Å²) in [5.41, 5.74) is 0.648. The van der Waals surface area contributed by atoms with Gasteiger partial charge in [0, 0.05) is 11.1 Å². The highest BCUT2D eigenvalue weighted by Gasteiger charge is 2.24. The van der Waals surface area contributed by atoms with Gasteiger partial charge in [-0.1, -0.05) is 16.5 Å². The number of H-pyrrole nitrogens is 1. The van der Waals surface area contributed by atoms with Gasteiger partial charge < -0.3 is 20.1 Å². The Morgan fingerprint density at radius 3 is 3.20 bits per heavy atom. The van der Waals surface area contributed by atoms with Crippen LogP contribution in [0.2, 0.25) is 0 Å². The second-order valence-corrected chi connectivity index (χ2v) is 5.30. The quantitative estimate of drug-likeness (QED) is 0.741. The topological polar surface area (TPSA) is 113 Å².